The van der Waals surface area contributed by atoms with Gasteiger partial charge in [-0.25, -0.2) is 9.97 Å². The Morgan fingerprint density at radius 1 is 1.28 bits per heavy atom. The number of hydrogen-bond acceptors (Lipinski definition) is 6. The zero-order chi connectivity index (χ0) is 13.0. The highest BCUT2D eigenvalue weighted by molar-refractivity contribution is 7.98. The molecule has 1 aromatic heterocycles. The monoisotopic (exact) mass is 268 g/mol. The van der Waals surface area contributed by atoms with Crippen molar-refractivity contribution >= 4 is 17.6 Å². The molecule has 1 fully saturated rings. The number of β-amino-alcohol motifs (C(OH)–C–C–N with tert-alkyl or cyclic N) is 1. The van der Waals surface area contributed by atoms with Crippen molar-refractivity contribution < 1.29 is 5.11 Å². The molecule has 6 heteroatoms. The average molecular weight is 268 g/mol. The van der Waals surface area contributed by atoms with Crippen molar-refractivity contribution in [2.75, 3.05) is 50.5 Å². The van der Waals surface area contributed by atoms with Crippen LogP contribution < -0.4 is 4.90 Å². The van der Waals surface area contributed by atoms with Gasteiger partial charge in [0.2, 0.25) is 0 Å². The van der Waals surface area contributed by atoms with Crippen LogP contribution in [0.5, 0.6) is 0 Å². The molecule has 5 nitrogen and oxygen atoms in total. The smallest absolute Gasteiger partial charge is 0.189 e. The Bertz CT molecular complexity index is 394. The van der Waals surface area contributed by atoms with E-state index in [4.69, 9.17) is 5.11 Å². The summed E-state index contributed by atoms with van der Waals surface area (Å²) in [7, 11) is 0. The molecule has 0 atom stereocenters. The van der Waals surface area contributed by atoms with Gasteiger partial charge in [0.05, 0.1) is 6.61 Å². The lowest BCUT2D eigenvalue weighted by Gasteiger charge is -2.35. The number of aryl methyl sites for hydroxylation is 1. The summed E-state index contributed by atoms with van der Waals surface area (Å²) in [5.41, 5.74) is 1.02. The van der Waals surface area contributed by atoms with Crippen molar-refractivity contribution in [1.82, 2.24) is 14.9 Å². The van der Waals surface area contributed by atoms with E-state index < -0.39 is 0 Å². The van der Waals surface area contributed by atoms with Crippen LogP contribution in [0.25, 0.3) is 0 Å². The summed E-state index contributed by atoms with van der Waals surface area (Å²) >= 11 is 1.58. The van der Waals surface area contributed by atoms with Crippen LogP contribution in [-0.2, 0) is 0 Å². The Hall–Kier alpha value is -0.850. The van der Waals surface area contributed by atoms with E-state index in [0.29, 0.717) is 0 Å². The predicted molar refractivity (Wildman–Crippen MR) is 74.3 cm³/mol. The van der Waals surface area contributed by atoms with Crippen LogP contribution in [0.4, 0.5) is 5.82 Å². The number of aliphatic hydroxyl groups excluding tert-OH is 1. The molecule has 0 radical (unpaired) electrons. The SMILES string of the molecule is CSc1nc(C)cc(N2CCN(CCO)CC2)n1. The molecule has 1 aliphatic rings. The second-order valence-corrected chi connectivity index (χ2v) is 5.18. The Morgan fingerprint density at radius 3 is 2.61 bits per heavy atom. The first kappa shape index (κ1) is 13.6. The van der Waals surface area contributed by atoms with E-state index in [2.05, 4.69) is 19.8 Å². The molecule has 0 unspecified atom stereocenters. The van der Waals surface area contributed by atoms with Crippen molar-refractivity contribution in [3.8, 4) is 0 Å². The summed E-state index contributed by atoms with van der Waals surface area (Å²) in [5.74, 6) is 1.02. The van der Waals surface area contributed by atoms with Crippen LogP contribution in [0.15, 0.2) is 11.2 Å². The highest BCUT2D eigenvalue weighted by atomic mass is 32.2. The van der Waals surface area contributed by atoms with E-state index in [9.17, 15) is 0 Å². The summed E-state index contributed by atoms with van der Waals surface area (Å²) in [4.78, 5) is 13.5. The van der Waals surface area contributed by atoms with Crippen LogP contribution in [0.3, 0.4) is 0 Å². The number of hydrogen-bond donors (Lipinski definition) is 1. The molecule has 1 aromatic rings. The Balaban J connectivity index is 2.02. The van der Waals surface area contributed by atoms with Crippen molar-refractivity contribution in [3.63, 3.8) is 0 Å². The van der Waals surface area contributed by atoms with Gasteiger partial charge in [0, 0.05) is 44.5 Å². The van der Waals surface area contributed by atoms with Crippen molar-refractivity contribution in [1.29, 1.82) is 0 Å². The summed E-state index contributed by atoms with van der Waals surface area (Å²) in [6, 6.07) is 2.04. The molecule has 0 amide bonds. The van der Waals surface area contributed by atoms with Crippen LogP contribution in [-0.4, -0.2) is 65.6 Å². The van der Waals surface area contributed by atoms with Crippen molar-refractivity contribution in [2.45, 2.75) is 12.1 Å². The van der Waals surface area contributed by atoms with E-state index in [1.165, 1.54) is 0 Å². The zero-order valence-corrected chi connectivity index (χ0v) is 11.8. The second-order valence-electron chi connectivity index (χ2n) is 4.41. The standard InChI is InChI=1S/C12H20N4OS/c1-10-9-11(14-12(13-10)18-2)16-5-3-15(4-6-16)7-8-17/h9,17H,3-8H2,1-2H3. The molecule has 1 N–H and O–H groups in total. The lowest BCUT2D eigenvalue weighted by atomic mass is 10.3. The normalized spacial score (nSPS) is 17.2. The molecule has 18 heavy (non-hydrogen) atoms. The quantitative estimate of drug-likeness (QED) is 0.638. The summed E-state index contributed by atoms with van der Waals surface area (Å²) in [6.45, 7) is 6.91. The molecule has 100 valence electrons. The van der Waals surface area contributed by atoms with Crippen molar-refractivity contribution in [3.05, 3.63) is 11.8 Å². The molecule has 2 heterocycles. The van der Waals surface area contributed by atoms with Crippen LogP contribution in [0.2, 0.25) is 0 Å². The molecular formula is C12H20N4OS. The molecule has 2 rings (SSSR count). The first-order valence-electron chi connectivity index (χ1n) is 6.21. The average Bonchev–Trinajstić information content (AvgIpc) is 2.39. The fourth-order valence-electron chi connectivity index (χ4n) is 2.12. The number of nitrogens with zero attached hydrogens (tertiary/aromatic N) is 4. The molecule has 0 saturated carbocycles. The van der Waals surface area contributed by atoms with Gasteiger partial charge in [-0.05, 0) is 13.2 Å². The van der Waals surface area contributed by atoms with Gasteiger partial charge >= 0.3 is 0 Å². The minimum Gasteiger partial charge on any atom is -0.395 e. The molecule has 0 aromatic carbocycles. The number of thioether (sulfide) groups is 1. The Morgan fingerprint density at radius 2 is 2.00 bits per heavy atom. The van der Waals surface area contributed by atoms with Gasteiger partial charge in [0.15, 0.2) is 5.16 Å². The third kappa shape index (κ3) is 3.34. The summed E-state index contributed by atoms with van der Waals surface area (Å²) in [6.07, 6.45) is 2.00. The van der Waals surface area contributed by atoms with Gasteiger partial charge in [-0.3, -0.25) is 4.90 Å². The lowest BCUT2D eigenvalue weighted by molar-refractivity contribution is 0.188. The molecular weight excluding hydrogens is 248 g/mol. The van der Waals surface area contributed by atoms with E-state index >= 15 is 0 Å². The fourth-order valence-corrected chi connectivity index (χ4v) is 2.54. The minimum atomic E-state index is 0.239. The number of aliphatic hydroxyl groups is 1. The Labute approximate surface area is 112 Å². The lowest BCUT2D eigenvalue weighted by Crippen LogP contribution is -2.47. The maximum atomic E-state index is 8.93. The highest BCUT2D eigenvalue weighted by Crippen LogP contribution is 2.18. The maximum absolute atomic E-state index is 8.93. The number of rotatable bonds is 4. The first-order chi connectivity index (χ1) is 8.72. The van der Waals surface area contributed by atoms with Gasteiger partial charge in [0.25, 0.3) is 0 Å². The van der Waals surface area contributed by atoms with E-state index in [1.54, 1.807) is 11.8 Å². The van der Waals surface area contributed by atoms with Gasteiger partial charge in [0.1, 0.15) is 5.82 Å². The van der Waals surface area contributed by atoms with Gasteiger partial charge < -0.3 is 10.0 Å². The highest BCUT2D eigenvalue weighted by Gasteiger charge is 2.18. The van der Waals surface area contributed by atoms with E-state index in [1.807, 2.05) is 19.2 Å². The van der Waals surface area contributed by atoms with Gasteiger partial charge in [-0.15, -0.1) is 0 Å². The van der Waals surface area contributed by atoms with E-state index in [0.717, 1.165) is 49.4 Å². The second kappa shape index (κ2) is 6.36. The topological polar surface area (TPSA) is 52.5 Å². The minimum absolute atomic E-state index is 0.239. The van der Waals surface area contributed by atoms with Crippen molar-refractivity contribution in [2.24, 2.45) is 0 Å². The number of aromatic nitrogens is 2. The zero-order valence-electron chi connectivity index (χ0n) is 11.0. The third-order valence-electron chi connectivity index (χ3n) is 3.12. The van der Waals surface area contributed by atoms with E-state index in [-0.39, 0.29) is 6.61 Å². The van der Waals surface area contributed by atoms with Crippen LogP contribution in [0, 0.1) is 6.92 Å². The fraction of sp³-hybridized carbons (Fsp3) is 0.667. The van der Waals surface area contributed by atoms with Crippen LogP contribution in [0.1, 0.15) is 5.69 Å². The van der Waals surface area contributed by atoms with Crippen LogP contribution >= 0.6 is 11.8 Å². The predicted octanol–water partition coefficient (Wildman–Crippen LogP) is 0.621. The first-order valence-corrected chi connectivity index (χ1v) is 7.43. The molecule has 0 spiro atoms. The molecule has 1 saturated heterocycles. The van der Waals surface area contributed by atoms with Gasteiger partial charge in [-0.1, -0.05) is 11.8 Å². The molecule has 1 aliphatic heterocycles. The number of piperazine rings is 1. The third-order valence-corrected chi connectivity index (χ3v) is 3.66. The number of anilines is 1. The Kier molecular flexibility index (Phi) is 4.79. The maximum Gasteiger partial charge on any atom is 0.189 e. The molecule has 0 aliphatic carbocycles. The summed E-state index contributed by atoms with van der Waals surface area (Å²) in [5, 5.41) is 9.76. The summed E-state index contributed by atoms with van der Waals surface area (Å²) < 4.78 is 0. The van der Waals surface area contributed by atoms with Gasteiger partial charge in [-0.2, -0.15) is 0 Å². The molecule has 0 bridgehead atoms. The largest absolute Gasteiger partial charge is 0.395 e.